The van der Waals surface area contributed by atoms with Gasteiger partial charge in [-0.25, -0.2) is 22.8 Å². The molecule has 0 aliphatic rings. The number of aromatic nitrogens is 2. The van der Waals surface area contributed by atoms with E-state index in [9.17, 15) is 17.6 Å². The third-order valence-electron chi connectivity index (χ3n) is 4.84. The minimum atomic E-state index is -3.90. The first-order chi connectivity index (χ1) is 15.2. The van der Waals surface area contributed by atoms with Crippen LogP contribution >= 0.6 is 0 Å². The summed E-state index contributed by atoms with van der Waals surface area (Å²) in [7, 11) is -3.90. The molecule has 0 radical (unpaired) electrons. The molecule has 0 saturated heterocycles. The summed E-state index contributed by atoms with van der Waals surface area (Å²) in [6, 6.07) is 15.9. The molecule has 0 bridgehead atoms. The fourth-order valence-electron chi connectivity index (χ4n) is 3.06. The second-order valence-electron chi connectivity index (χ2n) is 7.19. The van der Waals surface area contributed by atoms with Crippen LogP contribution in [0.4, 0.5) is 15.8 Å². The molecule has 4 aromatic rings. The topological polar surface area (TPSA) is 101 Å². The number of nitrogens with one attached hydrogen (secondary N) is 2. The van der Waals surface area contributed by atoms with Crippen LogP contribution in [0.2, 0.25) is 0 Å². The molecule has 0 saturated carbocycles. The molecule has 0 aliphatic carbocycles. The molecule has 0 atom stereocenters. The van der Waals surface area contributed by atoms with Gasteiger partial charge in [-0.3, -0.25) is 9.52 Å². The van der Waals surface area contributed by atoms with Crippen molar-refractivity contribution in [3.05, 3.63) is 89.5 Å². The minimum Gasteiger partial charge on any atom is -0.322 e. The Morgan fingerprint density at radius 3 is 2.22 bits per heavy atom. The normalized spacial score (nSPS) is 11.3. The highest BCUT2D eigenvalue weighted by Crippen LogP contribution is 2.20. The average molecular weight is 450 g/mol. The number of sulfonamides is 1. The summed E-state index contributed by atoms with van der Waals surface area (Å²) in [5.41, 5.74) is 3.88. The number of anilines is 2. The standard InChI is InChI=1S/C23H19FN4O3S/c1-14-15(2)26-22-12-16(6-11-21(22)25-14)23(29)27-18-7-9-20(10-8-18)32(30,31)28-19-5-3-4-17(24)13-19/h3-13,28H,1-2H3,(H,27,29). The molecule has 1 heterocycles. The summed E-state index contributed by atoms with van der Waals surface area (Å²) in [6.07, 6.45) is 0. The average Bonchev–Trinajstić information content (AvgIpc) is 2.74. The van der Waals surface area contributed by atoms with E-state index in [1.54, 1.807) is 18.2 Å². The van der Waals surface area contributed by atoms with E-state index in [1.807, 2.05) is 13.8 Å². The molecule has 2 N–H and O–H groups in total. The molecule has 7 nitrogen and oxygen atoms in total. The van der Waals surface area contributed by atoms with E-state index in [0.29, 0.717) is 22.3 Å². The van der Waals surface area contributed by atoms with Gasteiger partial charge in [-0.15, -0.1) is 0 Å². The summed E-state index contributed by atoms with van der Waals surface area (Å²) in [5.74, 6) is -0.909. The number of carbonyl (C=O) groups is 1. The molecule has 4 rings (SSSR count). The number of amides is 1. The highest BCUT2D eigenvalue weighted by molar-refractivity contribution is 7.92. The highest BCUT2D eigenvalue weighted by atomic mass is 32.2. The molecule has 9 heteroatoms. The number of hydrogen-bond donors (Lipinski definition) is 2. The zero-order valence-corrected chi connectivity index (χ0v) is 18.1. The van der Waals surface area contributed by atoms with Gasteiger partial charge in [0, 0.05) is 11.3 Å². The number of rotatable bonds is 5. The van der Waals surface area contributed by atoms with E-state index in [2.05, 4.69) is 20.0 Å². The quantitative estimate of drug-likeness (QED) is 0.468. The molecule has 0 aliphatic heterocycles. The Labute approximate surface area is 184 Å². The molecule has 0 spiro atoms. The number of benzene rings is 3. The zero-order chi connectivity index (χ0) is 22.9. The van der Waals surface area contributed by atoms with Crippen LogP contribution in [0.1, 0.15) is 21.7 Å². The summed E-state index contributed by atoms with van der Waals surface area (Å²) in [6.45, 7) is 3.73. The lowest BCUT2D eigenvalue weighted by Crippen LogP contribution is -2.14. The van der Waals surface area contributed by atoms with Crippen molar-refractivity contribution in [2.75, 3.05) is 10.0 Å². The second-order valence-corrected chi connectivity index (χ2v) is 8.87. The fourth-order valence-corrected chi connectivity index (χ4v) is 4.11. The number of fused-ring (bicyclic) bond motifs is 1. The van der Waals surface area contributed by atoms with Crippen molar-refractivity contribution in [1.82, 2.24) is 9.97 Å². The van der Waals surface area contributed by atoms with Crippen LogP contribution in [0.25, 0.3) is 11.0 Å². The van der Waals surface area contributed by atoms with Gasteiger partial charge < -0.3 is 5.32 Å². The first-order valence-electron chi connectivity index (χ1n) is 9.66. The number of aryl methyl sites for hydroxylation is 2. The Morgan fingerprint density at radius 2 is 1.53 bits per heavy atom. The van der Waals surface area contributed by atoms with Gasteiger partial charge in [0.2, 0.25) is 0 Å². The van der Waals surface area contributed by atoms with Crippen LogP contribution in [0, 0.1) is 19.7 Å². The van der Waals surface area contributed by atoms with Crippen molar-refractivity contribution in [2.45, 2.75) is 18.7 Å². The SMILES string of the molecule is Cc1nc2ccc(C(=O)Nc3ccc(S(=O)(=O)Nc4cccc(F)c4)cc3)cc2nc1C. The lowest BCUT2D eigenvalue weighted by molar-refractivity contribution is 0.102. The van der Waals surface area contributed by atoms with Crippen molar-refractivity contribution in [3.63, 3.8) is 0 Å². The maximum Gasteiger partial charge on any atom is 0.261 e. The van der Waals surface area contributed by atoms with Crippen molar-refractivity contribution < 1.29 is 17.6 Å². The maximum atomic E-state index is 13.3. The van der Waals surface area contributed by atoms with Crippen LogP contribution in [0.15, 0.2) is 71.6 Å². The first-order valence-corrected chi connectivity index (χ1v) is 11.1. The van der Waals surface area contributed by atoms with Crippen LogP contribution in [0.3, 0.4) is 0 Å². The second kappa shape index (κ2) is 8.35. The van der Waals surface area contributed by atoms with E-state index in [-0.39, 0.29) is 16.5 Å². The molecular formula is C23H19FN4O3S. The third kappa shape index (κ3) is 4.57. The van der Waals surface area contributed by atoms with Gasteiger partial charge in [0.1, 0.15) is 5.82 Å². The number of nitrogens with zero attached hydrogens (tertiary/aromatic N) is 2. The molecule has 162 valence electrons. The molecule has 0 unspecified atom stereocenters. The van der Waals surface area contributed by atoms with Gasteiger partial charge in [-0.1, -0.05) is 6.07 Å². The number of hydrogen-bond acceptors (Lipinski definition) is 5. The smallest absolute Gasteiger partial charge is 0.261 e. The van der Waals surface area contributed by atoms with E-state index >= 15 is 0 Å². The van der Waals surface area contributed by atoms with Gasteiger partial charge in [-0.2, -0.15) is 0 Å². The highest BCUT2D eigenvalue weighted by Gasteiger charge is 2.15. The summed E-state index contributed by atoms with van der Waals surface area (Å²) in [4.78, 5) is 21.5. The Kier molecular flexibility index (Phi) is 5.58. The Bertz CT molecular complexity index is 1440. The van der Waals surface area contributed by atoms with Gasteiger partial charge in [0.15, 0.2) is 0 Å². The minimum absolute atomic E-state index is 0.0217. The van der Waals surface area contributed by atoms with Crippen LogP contribution < -0.4 is 10.0 Å². The third-order valence-corrected chi connectivity index (χ3v) is 6.23. The predicted molar refractivity (Wildman–Crippen MR) is 121 cm³/mol. The first kappa shape index (κ1) is 21.4. The van der Waals surface area contributed by atoms with E-state index in [4.69, 9.17) is 0 Å². The van der Waals surface area contributed by atoms with Crippen molar-refractivity contribution >= 4 is 38.3 Å². The summed E-state index contributed by atoms with van der Waals surface area (Å²) < 4.78 is 40.6. The van der Waals surface area contributed by atoms with Gasteiger partial charge in [-0.05, 0) is 74.5 Å². The Hall–Kier alpha value is -3.85. The van der Waals surface area contributed by atoms with Gasteiger partial charge in [0.05, 0.1) is 33.0 Å². The van der Waals surface area contributed by atoms with Crippen molar-refractivity contribution in [1.29, 1.82) is 0 Å². The van der Waals surface area contributed by atoms with E-state index in [0.717, 1.165) is 17.5 Å². The molecule has 1 amide bonds. The van der Waals surface area contributed by atoms with Crippen LogP contribution in [0.5, 0.6) is 0 Å². The van der Waals surface area contributed by atoms with Crippen molar-refractivity contribution in [3.8, 4) is 0 Å². The van der Waals surface area contributed by atoms with Crippen LogP contribution in [-0.2, 0) is 10.0 Å². The largest absolute Gasteiger partial charge is 0.322 e. The summed E-state index contributed by atoms with van der Waals surface area (Å²) in [5, 5.41) is 2.73. The molecule has 3 aromatic carbocycles. The molecule has 32 heavy (non-hydrogen) atoms. The van der Waals surface area contributed by atoms with Gasteiger partial charge in [0.25, 0.3) is 15.9 Å². The molecular weight excluding hydrogens is 431 g/mol. The molecule has 0 fully saturated rings. The zero-order valence-electron chi connectivity index (χ0n) is 17.3. The summed E-state index contributed by atoms with van der Waals surface area (Å²) >= 11 is 0. The molecule has 1 aromatic heterocycles. The number of carbonyl (C=O) groups excluding carboxylic acids is 1. The van der Waals surface area contributed by atoms with Crippen molar-refractivity contribution in [2.24, 2.45) is 0 Å². The Balaban J connectivity index is 1.50. The predicted octanol–water partition coefficient (Wildman–Crippen LogP) is 4.44. The van der Waals surface area contributed by atoms with Crippen LogP contribution in [-0.4, -0.2) is 24.3 Å². The van der Waals surface area contributed by atoms with E-state index < -0.39 is 15.8 Å². The Morgan fingerprint density at radius 1 is 0.844 bits per heavy atom. The number of halogens is 1. The maximum absolute atomic E-state index is 13.3. The lowest BCUT2D eigenvalue weighted by Gasteiger charge is -2.10. The monoisotopic (exact) mass is 450 g/mol. The fraction of sp³-hybridized carbons (Fsp3) is 0.0870. The van der Waals surface area contributed by atoms with E-state index in [1.165, 1.54) is 42.5 Å². The lowest BCUT2D eigenvalue weighted by atomic mass is 10.1. The van der Waals surface area contributed by atoms with Gasteiger partial charge >= 0.3 is 0 Å².